The van der Waals surface area contributed by atoms with Crippen LogP contribution in [0.1, 0.15) is 95.1 Å². The van der Waals surface area contributed by atoms with E-state index in [-0.39, 0.29) is 14.6 Å². The molecule has 1 aromatic carbocycles. The van der Waals surface area contributed by atoms with Gasteiger partial charge in [-0.2, -0.15) is 0 Å². The van der Waals surface area contributed by atoms with Crippen molar-refractivity contribution < 1.29 is 4.39 Å². The fourth-order valence-corrected chi connectivity index (χ4v) is 9.89. The van der Waals surface area contributed by atoms with Crippen LogP contribution in [0, 0.1) is 17.8 Å². The Morgan fingerprint density at radius 2 is 1.61 bits per heavy atom. The first-order chi connectivity index (χ1) is 15.2. The van der Waals surface area contributed by atoms with Gasteiger partial charge in [-0.25, -0.2) is 4.39 Å². The van der Waals surface area contributed by atoms with Gasteiger partial charge in [-0.15, -0.1) is 0 Å². The standard InChI is InChI=1S/C28H44ClFSi/c1-2-3-6-19-31-20-17-26(18-21-31)25-13-9-23(10-14-25)7-4-5-8-24-11-15-27(16-12-24)28(30)22-29/h11-12,15-16,22-23,25-26,31H,2-10,13-14,17-21H2,1H3/b28-22+. The average molecular weight is 463 g/mol. The van der Waals surface area contributed by atoms with Crippen LogP contribution in [0.2, 0.25) is 18.1 Å². The molecule has 1 heterocycles. The van der Waals surface area contributed by atoms with Crippen LogP contribution in [-0.4, -0.2) is 8.80 Å². The monoisotopic (exact) mass is 462 g/mol. The molecule has 31 heavy (non-hydrogen) atoms. The summed E-state index contributed by atoms with van der Waals surface area (Å²) < 4.78 is 13.5. The molecule has 0 aromatic heterocycles. The predicted octanol–water partition coefficient (Wildman–Crippen LogP) is 9.54. The van der Waals surface area contributed by atoms with Gasteiger partial charge in [0.25, 0.3) is 0 Å². The van der Waals surface area contributed by atoms with E-state index in [1.54, 1.807) is 31.0 Å². The van der Waals surface area contributed by atoms with Crippen molar-refractivity contribution in [2.45, 2.75) is 109 Å². The van der Waals surface area contributed by atoms with Crippen LogP contribution >= 0.6 is 11.6 Å². The van der Waals surface area contributed by atoms with Crippen molar-refractivity contribution in [3.8, 4) is 0 Å². The topological polar surface area (TPSA) is 0 Å². The molecule has 1 aliphatic carbocycles. The maximum Gasteiger partial charge on any atom is 0.141 e. The molecule has 0 N–H and O–H groups in total. The highest BCUT2D eigenvalue weighted by Gasteiger charge is 2.30. The Balaban J connectivity index is 1.26. The molecule has 0 bridgehead atoms. The van der Waals surface area contributed by atoms with Gasteiger partial charge in [0.2, 0.25) is 0 Å². The molecule has 0 unspecified atom stereocenters. The zero-order valence-electron chi connectivity index (χ0n) is 19.8. The summed E-state index contributed by atoms with van der Waals surface area (Å²) in [6.07, 6.45) is 18.6. The minimum atomic E-state index is -0.356. The first-order valence-corrected chi connectivity index (χ1v) is 16.1. The van der Waals surface area contributed by atoms with Crippen LogP contribution in [0.5, 0.6) is 0 Å². The summed E-state index contributed by atoms with van der Waals surface area (Å²) in [4.78, 5) is 0. The lowest BCUT2D eigenvalue weighted by Crippen LogP contribution is -2.28. The van der Waals surface area contributed by atoms with Gasteiger partial charge in [-0.05, 0) is 49.0 Å². The highest BCUT2D eigenvalue weighted by atomic mass is 35.5. The third-order valence-electron chi connectivity index (χ3n) is 8.32. The fraction of sp³-hybridized carbons (Fsp3) is 0.714. The summed E-state index contributed by atoms with van der Waals surface area (Å²) in [6, 6.07) is 12.7. The van der Waals surface area contributed by atoms with Gasteiger partial charge in [0.05, 0.1) is 0 Å². The van der Waals surface area contributed by atoms with Crippen molar-refractivity contribution in [1.29, 1.82) is 0 Å². The Bertz CT molecular complexity index is 639. The summed E-state index contributed by atoms with van der Waals surface area (Å²) in [6.45, 7) is 2.33. The number of unbranched alkanes of at least 4 members (excludes halogenated alkanes) is 3. The zero-order valence-corrected chi connectivity index (χ0v) is 21.7. The first kappa shape index (κ1) is 25.0. The molecule has 1 saturated heterocycles. The number of rotatable bonds is 11. The Morgan fingerprint density at radius 1 is 0.935 bits per heavy atom. The quantitative estimate of drug-likeness (QED) is 0.227. The van der Waals surface area contributed by atoms with Gasteiger partial charge < -0.3 is 0 Å². The maximum atomic E-state index is 13.5. The molecule has 0 spiro atoms. The van der Waals surface area contributed by atoms with Crippen LogP contribution in [0.15, 0.2) is 29.8 Å². The molecule has 3 rings (SSSR count). The summed E-state index contributed by atoms with van der Waals surface area (Å²) in [5.74, 6) is 2.76. The molecule has 2 aliphatic rings. The van der Waals surface area contributed by atoms with Crippen molar-refractivity contribution in [3.63, 3.8) is 0 Å². The van der Waals surface area contributed by atoms with Crippen molar-refractivity contribution in [2.24, 2.45) is 17.8 Å². The summed E-state index contributed by atoms with van der Waals surface area (Å²) in [7, 11) is -0.345. The number of aryl methyl sites for hydroxylation is 1. The lowest BCUT2D eigenvalue weighted by molar-refractivity contribution is 0.184. The average Bonchev–Trinajstić information content (AvgIpc) is 2.83. The van der Waals surface area contributed by atoms with Gasteiger partial charge in [0.1, 0.15) is 5.83 Å². The Labute approximate surface area is 197 Å². The number of benzene rings is 1. The minimum Gasteiger partial charge on any atom is -0.205 e. The second-order valence-corrected chi connectivity index (χ2v) is 14.1. The summed E-state index contributed by atoms with van der Waals surface area (Å²) in [5.41, 5.74) is 2.89. The molecule has 1 saturated carbocycles. The van der Waals surface area contributed by atoms with Crippen LogP contribution < -0.4 is 0 Å². The molecule has 1 aliphatic heterocycles. The molecule has 1 aromatic rings. The van der Waals surface area contributed by atoms with Crippen molar-refractivity contribution in [2.75, 3.05) is 0 Å². The first-order valence-electron chi connectivity index (χ1n) is 13.2. The van der Waals surface area contributed by atoms with E-state index in [0.717, 1.165) is 29.7 Å². The smallest absolute Gasteiger partial charge is 0.141 e. The zero-order chi connectivity index (χ0) is 21.9. The Morgan fingerprint density at radius 3 is 2.26 bits per heavy atom. The van der Waals surface area contributed by atoms with E-state index in [1.165, 1.54) is 69.8 Å². The SMILES string of the molecule is CCCCC[SiH]1CCC(C2CCC(CCCCc3ccc(/C(F)=C\Cl)cc3)CC2)CC1. The van der Waals surface area contributed by atoms with Crippen LogP contribution in [0.4, 0.5) is 4.39 Å². The minimum absolute atomic E-state index is 0.345. The number of hydrogen-bond donors (Lipinski definition) is 0. The van der Waals surface area contributed by atoms with Gasteiger partial charge in [-0.3, -0.25) is 0 Å². The molecular weight excluding hydrogens is 419 g/mol. The van der Waals surface area contributed by atoms with E-state index in [4.69, 9.17) is 11.6 Å². The van der Waals surface area contributed by atoms with Gasteiger partial charge in [0, 0.05) is 19.9 Å². The molecule has 3 heteroatoms. The van der Waals surface area contributed by atoms with E-state index >= 15 is 0 Å². The highest BCUT2D eigenvalue weighted by Crippen LogP contribution is 2.42. The largest absolute Gasteiger partial charge is 0.205 e. The summed E-state index contributed by atoms with van der Waals surface area (Å²) >= 11 is 5.45. The van der Waals surface area contributed by atoms with E-state index in [2.05, 4.69) is 6.92 Å². The van der Waals surface area contributed by atoms with E-state index < -0.39 is 0 Å². The second kappa shape index (κ2) is 13.8. The normalized spacial score (nSPS) is 27.4. The van der Waals surface area contributed by atoms with Crippen LogP contribution in [0.3, 0.4) is 0 Å². The van der Waals surface area contributed by atoms with E-state index in [0.29, 0.717) is 5.56 Å². The Kier molecular flexibility index (Phi) is 11.2. The van der Waals surface area contributed by atoms with Gasteiger partial charge in [-0.1, -0.05) is 119 Å². The molecule has 0 nitrogen and oxygen atoms in total. The van der Waals surface area contributed by atoms with Gasteiger partial charge >= 0.3 is 0 Å². The van der Waals surface area contributed by atoms with Crippen molar-refractivity contribution in [3.05, 3.63) is 40.9 Å². The molecule has 2 fully saturated rings. The predicted molar refractivity (Wildman–Crippen MR) is 138 cm³/mol. The van der Waals surface area contributed by atoms with E-state index in [1.807, 2.05) is 24.3 Å². The van der Waals surface area contributed by atoms with Gasteiger partial charge in [0.15, 0.2) is 0 Å². The maximum absolute atomic E-state index is 13.5. The molecular formula is C28H44ClFSi. The molecule has 0 amide bonds. The number of halogens is 2. The number of hydrogen-bond acceptors (Lipinski definition) is 0. The molecule has 0 radical (unpaired) electrons. The lowest BCUT2D eigenvalue weighted by Gasteiger charge is -2.37. The van der Waals surface area contributed by atoms with Crippen molar-refractivity contribution in [1.82, 2.24) is 0 Å². The third kappa shape index (κ3) is 8.35. The van der Waals surface area contributed by atoms with Crippen molar-refractivity contribution >= 4 is 26.2 Å². The lowest BCUT2D eigenvalue weighted by atomic mass is 9.73. The van der Waals surface area contributed by atoms with Crippen LogP contribution in [-0.2, 0) is 6.42 Å². The highest BCUT2D eigenvalue weighted by molar-refractivity contribution is 6.58. The molecule has 0 atom stereocenters. The Hall–Kier alpha value is -0.603. The fourth-order valence-electron chi connectivity index (χ4n) is 6.24. The third-order valence-corrected chi connectivity index (χ3v) is 12.0. The molecule has 174 valence electrons. The second-order valence-electron chi connectivity index (χ2n) is 10.5. The summed E-state index contributed by atoms with van der Waals surface area (Å²) in [5, 5.41) is 0. The van der Waals surface area contributed by atoms with E-state index in [9.17, 15) is 4.39 Å². The van der Waals surface area contributed by atoms with Crippen LogP contribution in [0.25, 0.3) is 5.83 Å².